The highest BCUT2D eigenvalue weighted by Gasteiger charge is 2.12. The van der Waals surface area contributed by atoms with Gasteiger partial charge in [-0.3, -0.25) is 0 Å². The topological polar surface area (TPSA) is 29.5 Å². The summed E-state index contributed by atoms with van der Waals surface area (Å²) in [7, 11) is 1.67. The van der Waals surface area contributed by atoms with Gasteiger partial charge in [0.15, 0.2) is 0 Å². The molecule has 1 rings (SSSR count). The van der Waals surface area contributed by atoms with Crippen molar-refractivity contribution >= 4 is 0 Å². The van der Waals surface area contributed by atoms with Crippen LogP contribution in [0.4, 0.5) is 0 Å². The Bertz CT molecular complexity index is 303. The van der Waals surface area contributed by atoms with Gasteiger partial charge in [-0.05, 0) is 24.0 Å². The van der Waals surface area contributed by atoms with E-state index in [-0.39, 0.29) is 6.10 Å². The molecule has 0 aliphatic rings. The summed E-state index contributed by atoms with van der Waals surface area (Å²) in [6, 6.07) is 8.17. The molecule has 2 heteroatoms. The molecule has 0 radical (unpaired) electrons. The lowest BCUT2D eigenvalue weighted by Gasteiger charge is -2.16. The van der Waals surface area contributed by atoms with Crippen LogP contribution in [0.3, 0.4) is 0 Å². The summed E-state index contributed by atoms with van der Waals surface area (Å²) in [5, 5.41) is 9.97. The Kier molecular flexibility index (Phi) is 4.97. The second kappa shape index (κ2) is 6.02. The molecule has 0 bridgehead atoms. The Balaban J connectivity index is 2.66. The SMILES string of the molecule is COC(C)CC(O)c1ccc(C(C)C)cc1. The van der Waals surface area contributed by atoms with Gasteiger partial charge in [0.25, 0.3) is 0 Å². The van der Waals surface area contributed by atoms with Crippen LogP contribution in [-0.4, -0.2) is 18.3 Å². The van der Waals surface area contributed by atoms with Crippen LogP contribution in [0.2, 0.25) is 0 Å². The van der Waals surface area contributed by atoms with Gasteiger partial charge in [-0.2, -0.15) is 0 Å². The molecule has 1 aromatic carbocycles. The van der Waals surface area contributed by atoms with Gasteiger partial charge in [-0.15, -0.1) is 0 Å². The van der Waals surface area contributed by atoms with Gasteiger partial charge in [0, 0.05) is 13.5 Å². The first-order chi connectivity index (χ1) is 7.54. The minimum atomic E-state index is -0.434. The highest BCUT2D eigenvalue weighted by Crippen LogP contribution is 2.22. The van der Waals surface area contributed by atoms with Crippen LogP contribution in [0.5, 0.6) is 0 Å². The molecular formula is C14H22O2. The van der Waals surface area contributed by atoms with E-state index in [1.807, 2.05) is 19.1 Å². The van der Waals surface area contributed by atoms with Crippen LogP contribution in [0.1, 0.15) is 50.3 Å². The highest BCUT2D eigenvalue weighted by atomic mass is 16.5. The van der Waals surface area contributed by atoms with E-state index >= 15 is 0 Å². The summed E-state index contributed by atoms with van der Waals surface area (Å²) in [5.74, 6) is 0.532. The summed E-state index contributed by atoms with van der Waals surface area (Å²) >= 11 is 0. The number of aliphatic hydroxyl groups is 1. The lowest BCUT2D eigenvalue weighted by Crippen LogP contribution is -2.11. The minimum Gasteiger partial charge on any atom is -0.388 e. The van der Waals surface area contributed by atoms with Crippen LogP contribution >= 0.6 is 0 Å². The largest absolute Gasteiger partial charge is 0.388 e. The molecule has 2 unspecified atom stereocenters. The molecule has 1 aromatic rings. The quantitative estimate of drug-likeness (QED) is 0.828. The molecule has 0 aliphatic heterocycles. The minimum absolute atomic E-state index is 0.0831. The predicted octanol–water partition coefficient (Wildman–Crippen LogP) is 3.27. The van der Waals surface area contributed by atoms with E-state index in [1.54, 1.807) is 7.11 Å². The maximum absolute atomic E-state index is 9.97. The normalized spacial score (nSPS) is 15.1. The first kappa shape index (κ1) is 13.2. The van der Waals surface area contributed by atoms with E-state index in [9.17, 15) is 5.11 Å². The number of methoxy groups -OCH3 is 1. The van der Waals surface area contributed by atoms with Crippen molar-refractivity contribution in [3.63, 3.8) is 0 Å². The number of ether oxygens (including phenoxy) is 1. The summed E-state index contributed by atoms with van der Waals surface area (Å²) in [6.07, 6.45) is 0.285. The summed E-state index contributed by atoms with van der Waals surface area (Å²) in [4.78, 5) is 0. The van der Waals surface area contributed by atoms with Gasteiger partial charge in [0.05, 0.1) is 12.2 Å². The third kappa shape index (κ3) is 3.62. The van der Waals surface area contributed by atoms with Gasteiger partial charge in [-0.1, -0.05) is 38.1 Å². The Hall–Kier alpha value is -0.860. The Morgan fingerprint density at radius 2 is 1.56 bits per heavy atom. The molecule has 0 saturated carbocycles. The zero-order valence-electron chi connectivity index (χ0n) is 10.6. The van der Waals surface area contributed by atoms with Crippen LogP contribution in [0.25, 0.3) is 0 Å². The van der Waals surface area contributed by atoms with E-state index in [0.717, 1.165) is 5.56 Å². The van der Waals surface area contributed by atoms with Crippen molar-refractivity contribution < 1.29 is 9.84 Å². The molecule has 2 atom stereocenters. The highest BCUT2D eigenvalue weighted by molar-refractivity contribution is 5.26. The molecule has 2 nitrogen and oxygen atoms in total. The molecule has 1 N–H and O–H groups in total. The molecule has 0 amide bonds. The maximum Gasteiger partial charge on any atom is 0.0814 e. The average Bonchev–Trinajstić information content (AvgIpc) is 2.28. The van der Waals surface area contributed by atoms with E-state index in [2.05, 4.69) is 26.0 Å². The van der Waals surface area contributed by atoms with Crippen LogP contribution < -0.4 is 0 Å². The first-order valence-corrected chi connectivity index (χ1v) is 5.85. The van der Waals surface area contributed by atoms with Crippen molar-refractivity contribution in [2.45, 2.75) is 45.3 Å². The Morgan fingerprint density at radius 3 is 2.00 bits per heavy atom. The number of rotatable bonds is 5. The predicted molar refractivity (Wildman–Crippen MR) is 66.6 cm³/mol. The van der Waals surface area contributed by atoms with Gasteiger partial charge in [-0.25, -0.2) is 0 Å². The zero-order chi connectivity index (χ0) is 12.1. The third-order valence-corrected chi connectivity index (χ3v) is 2.95. The summed E-state index contributed by atoms with van der Waals surface area (Å²) in [5.41, 5.74) is 2.27. The summed E-state index contributed by atoms with van der Waals surface area (Å²) < 4.78 is 5.14. The Labute approximate surface area is 98.3 Å². The van der Waals surface area contributed by atoms with E-state index < -0.39 is 6.10 Å². The number of hydrogen-bond donors (Lipinski definition) is 1. The van der Waals surface area contributed by atoms with Crippen LogP contribution in [0.15, 0.2) is 24.3 Å². The number of hydrogen-bond acceptors (Lipinski definition) is 2. The second-order valence-electron chi connectivity index (χ2n) is 4.62. The number of benzene rings is 1. The van der Waals surface area contributed by atoms with Crippen molar-refractivity contribution in [2.75, 3.05) is 7.11 Å². The fourth-order valence-electron chi connectivity index (χ4n) is 1.65. The van der Waals surface area contributed by atoms with E-state index in [1.165, 1.54) is 5.56 Å². The van der Waals surface area contributed by atoms with Gasteiger partial charge >= 0.3 is 0 Å². The van der Waals surface area contributed by atoms with Crippen molar-refractivity contribution in [3.05, 3.63) is 35.4 Å². The molecule has 0 fully saturated rings. The first-order valence-electron chi connectivity index (χ1n) is 5.85. The fourth-order valence-corrected chi connectivity index (χ4v) is 1.65. The smallest absolute Gasteiger partial charge is 0.0814 e. The van der Waals surface area contributed by atoms with Crippen molar-refractivity contribution in [3.8, 4) is 0 Å². The maximum atomic E-state index is 9.97. The van der Waals surface area contributed by atoms with E-state index in [4.69, 9.17) is 4.74 Å². The van der Waals surface area contributed by atoms with Gasteiger partial charge in [0.1, 0.15) is 0 Å². The molecule has 16 heavy (non-hydrogen) atoms. The standard InChI is InChI=1S/C14H22O2/c1-10(2)12-5-7-13(8-6-12)14(15)9-11(3)16-4/h5-8,10-11,14-15H,9H2,1-4H3. The van der Waals surface area contributed by atoms with E-state index in [0.29, 0.717) is 12.3 Å². The van der Waals surface area contributed by atoms with Gasteiger partial charge in [0.2, 0.25) is 0 Å². The number of aliphatic hydroxyl groups excluding tert-OH is 1. The monoisotopic (exact) mass is 222 g/mol. The van der Waals surface area contributed by atoms with Crippen LogP contribution in [0, 0.1) is 0 Å². The van der Waals surface area contributed by atoms with Gasteiger partial charge < -0.3 is 9.84 Å². The molecule has 0 aromatic heterocycles. The lowest BCUT2D eigenvalue weighted by atomic mass is 9.98. The molecule has 0 heterocycles. The summed E-state index contributed by atoms with van der Waals surface area (Å²) in [6.45, 7) is 6.29. The molecule has 0 aliphatic carbocycles. The van der Waals surface area contributed by atoms with Crippen molar-refractivity contribution in [1.29, 1.82) is 0 Å². The average molecular weight is 222 g/mol. The Morgan fingerprint density at radius 1 is 1.06 bits per heavy atom. The third-order valence-electron chi connectivity index (χ3n) is 2.95. The second-order valence-corrected chi connectivity index (χ2v) is 4.62. The lowest BCUT2D eigenvalue weighted by molar-refractivity contribution is 0.0560. The molecule has 90 valence electrons. The van der Waals surface area contributed by atoms with Crippen LogP contribution in [-0.2, 0) is 4.74 Å². The molecule has 0 spiro atoms. The molecule has 0 saturated heterocycles. The fraction of sp³-hybridized carbons (Fsp3) is 0.571. The van der Waals surface area contributed by atoms with Crippen molar-refractivity contribution in [2.24, 2.45) is 0 Å². The zero-order valence-corrected chi connectivity index (χ0v) is 10.6. The van der Waals surface area contributed by atoms with Crippen molar-refractivity contribution in [1.82, 2.24) is 0 Å². The molecular weight excluding hydrogens is 200 g/mol.